The van der Waals surface area contributed by atoms with Crippen molar-refractivity contribution in [2.24, 2.45) is 0 Å². The predicted molar refractivity (Wildman–Crippen MR) is 85.5 cm³/mol. The molecule has 0 unspecified atom stereocenters. The molecule has 1 aliphatic carbocycles. The minimum Gasteiger partial charge on any atom is -0.354 e. The lowest BCUT2D eigenvalue weighted by molar-refractivity contribution is 0.673. The quantitative estimate of drug-likeness (QED) is 0.890. The van der Waals surface area contributed by atoms with Gasteiger partial charge in [0.15, 0.2) is 0 Å². The van der Waals surface area contributed by atoms with E-state index >= 15 is 0 Å². The second-order valence-corrected chi connectivity index (χ2v) is 5.84. The Balaban J connectivity index is 1.69. The van der Waals surface area contributed by atoms with Gasteiger partial charge in [0.1, 0.15) is 5.82 Å². The van der Waals surface area contributed by atoms with Crippen molar-refractivity contribution in [2.45, 2.75) is 32.0 Å². The van der Waals surface area contributed by atoms with Crippen LogP contribution in [-0.4, -0.2) is 23.1 Å². The second-order valence-electron chi connectivity index (χ2n) is 5.43. The molecule has 1 saturated carbocycles. The summed E-state index contributed by atoms with van der Waals surface area (Å²) in [6.07, 6.45) is 4.33. The SMILES string of the molecule is CN(Cc1ccccn1)c1ccc(Cl)c(CNC2CC2)n1. The van der Waals surface area contributed by atoms with Gasteiger partial charge in [0, 0.05) is 25.8 Å². The number of nitrogens with zero attached hydrogens (tertiary/aromatic N) is 3. The van der Waals surface area contributed by atoms with E-state index in [0.29, 0.717) is 6.04 Å². The molecule has 2 aromatic rings. The second kappa shape index (κ2) is 6.41. The third-order valence-electron chi connectivity index (χ3n) is 3.56. The summed E-state index contributed by atoms with van der Waals surface area (Å²) in [6, 6.07) is 10.5. The van der Waals surface area contributed by atoms with E-state index in [0.717, 1.165) is 35.3 Å². The van der Waals surface area contributed by atoms with Gasteiger partial charge in [-0.15, -0.1) is 0 Å². The number of halogens is 1. The Morgan fingerprint density at radius 1 is 1.29 bits per heavy atom. The van der Waals surface area contributed by atoms with Gasteiger partial charge in [0.2, 0.25) is 0 Å². The summed E-state index contributed by atoms with van der Waals surface area (Å²) in [5, 5.41) is 4.17. The van der Waals surface area contributed by atoms with E-state index in [9.17, 15) is 0 Å². The lowest BCUT2D eigenvalue weighted by atomic mass is 10.3. The monoisotopic (exact) mass is 302 g/mol. The maximum Gasteiger partial charge on any atom is 0.129 e. The number of rotatable bonds is 6. The van der Waals surface area contributed by atoms with Crippen LogP contribution in [0.5, 0.6) is 0 Å². The molecule has 110 valence electrons. The van der Waals surface area contributed by atoms with E-state index < -0.39 is 0 Å². The number of hydrogen-bond donors (Lipinski definition) is 1. The standard InChI is InChI=1S/C16H19ClN4/c1-21(11-13-4-2-3-9-18-13)16-8-7-14(17)15(20-16)10-19-12-5-6-12/h2-4,7-9,12,19H,5-6,10-11H2,1H3. The fourth-order valence-electron chi connectivity index (χ4n) is 2.15. The lowest BCUT2D eigenvalue weighted by Crippen LogP contribution is -2.21. The maximum atomic E-state index is 6.23. The van der Waals surface area contributed by atoms with Crippen LogP contribution in [-0.2, 0) is 13.1 Å². The van der Waals surface area contributed by atoms with Gasteiger partial charge in [-0.2, -0.15) is 0 Å². The normalized spacial score (nSPS) is 14.2. The van der Waals surface area contributed by atoms with Gasteiger partial charge in [-0.25, -0.2) is 4.98 Å². The molecular weight excluding hydrogens is 284 g/mol. The third kappa shape index (κ3) is 3.93. The Morgan fingerprint density at radius 2 is 2.14 bits per heavy atom. The molecule has 1 fully saturated rings. The molecule has 2 aromatic heterocycles. The Morgan fingerprint density at radius 3 is 2.86 bits per heavy atom. The minimum absolute atomic E-state index is 0.651. The van der Waals surface area contributed by atoms with E-state index in [1.54, 1.807) is 0 Å². The molecule has 0 bridgehead atoms. The molecule has 5 heteroatoms. The summed E-state index contributed by atoms with van der Waals surface area (Å²) < 4.78 is 0. The molecule has 0 atom stereocenters. The summed E-state index contributed by atoms with van der Waals surface area (Å²) in [5.41, 5.74) is 1.93. The van der Waals surface area contributed by atoms with Gasteiger partial charge in [-0.05, 0) is 37.1 Å². The minimum atomic E-state index is 0.651. The van der Waals surface area contributed by atoms with Crippen LogP contribution in [0.2, 0.25) is 5.02 Å². The van der Waals surface area contributed by atoms with Crippen LogP contribution >= 0.6 is 11.6 Å². The highest BCUT2D eigenvalue weighted by Gasteiger charge is 2.21. The average Bonchev–Trinajstić information content (AvgIpc) is 3.31. The van der Waals surface area contributed by atoms with Gasteiger partial charge in [-0.1, -0.05) is 17.7 Å². The van der Waals surface area contributed by atoms with E-state index in [4.69, 9.17) is 11.6 Å². The summed E-state index contributed by atoms with van der Waals surface area (Å²) in [6.45, 7) is 1.46. The largest absolute Gasteiger partial charge is 0.354 e. The first-order valence-electron chi connectivity index (χ1n) is 7.22. The van der Waals surface area contributed by atoms with E-state index in [-0.39, 0.29) is 0 Å². The lowest BCUT2D eigenvalue weighted by Gasteiger charge is -2.19. The predicted octanol–water partition coefficient (Wildman–Crippen LogP) is 3.02. The first kappa shape index (κ1) is 14.3. The number of aromatic nitrogens is 2. The zero-order valence-corrected chi connectivity index (χ0v) is 12.8. The van der Waals surface area contributed by atoms with Crippen LogP contribution in [0.3, 0.4) is 0 Å². The van der Waals surface area contributed by atoms with Crippen molar-refractivity contribution in [1.29, 1.82) is 0 Å². The van der Waals surface area contributed by atoms with Gasteiger partial charge >= 0.3 is 0 Å². The molecule has 3 rings (SSSR count). The molecule has 0 radical (unpaired) electrons. The molecule has 2 heterocycles. The summed E-state index contributed by atoms with van der Waals surface area (Å²) in [7, 11) is 2.02. The third-order valence-corrected chi connectivity index (χ3v) is 3.90. The van der Waals surface area contributed by atoms with E-state index in [1.165, 1.54) is 12.8 Å². The molecular formula is C16H19ClN4. The Hall–Kier alpha value is -1.65. The first-order chi connectivity index (χ1) is 10.2. The Kier molecular flexibility index (Phi) is 4.36. The Bertz CT molecular complexity index is 598. The zero-order chi connectivity index (χ0) is 14.7. The summed E-state index contributed by atoms with van der Waals surface area (Å²) >= 11 is 6.23. The van der Waals surface area contributed by atoms with Crippen LogP contribution < -0.4 is 10.2 Å². The Labute approximate surface area is 130 Å². The van der Waals surface area contributed by atoms with Gasteiger partial charge in [0.25, 0.3) is 0 Å². The average molecular weight is 303 g/mol. The zero-order valence-electron chi connectivity index (χ0n) is 12.1. The fourth-order valence-corrected chi connectivity index (χ4v) is 2.33. The van der Waals surface area contributed by atoms with Gasteiger partial charge in [0.05, 0.1) is 23.0 Å². The smallest absolute Gasteiger partial charge is 0.129 e. The van der Waals surface area contributed by atoms with E-state index in [2.05, 4.69) is 20.2 Å². The van der Waals surface area contributed by atoms with Crippen molar-refractivity contribution < 1.29 is 0 Å². The highest BCUT2D eigenvalue weighted by Crippen LogP contribution is 2.22. The van der Waals surface area contributed by atoms with Crippen molar-refractivity contribution >= 4 is 17.4 Å². The molecule has 1 N–H and O–H groups in total. The highest BCUT2D eigenvalue weighted by atomic mass is 35.5. The number of pyridine rings is 2. The molecule has 0 saturated heterocycles. The fraction of sp³-hybridized carbons (Fsp3) is 0.375. The molecule has 0 amide bonds. The number of anilines is 1. The van der Waals surface area contributed by atoms with Crippen molar-refractivity contribution in [1.82, 2.24) is 15.3 Å². The van der Waals surface area contributed by atoms with Gasteiger partial charge < -0.3 is 10.2 Å². The van der Waals surface area contributed by atoms with Crippen LogP contribution in [0.15, 0.2) is 36.5 Å². The first-order valence-corrected chi connectivity index (χ1v) is 7.60. The van der Waals surface area contributed by atoms with Gasteiger partial charge in [-0.3, -0.25) is 4.98 Å². The molecule has 4 nitrogen and oxygen atoms in total. The number of nitrogens with one attached hydrogen (secondary N) is 1. The van der Waals surface area contributed by atoms with Crippen LogP contribution in [0, 0.1) is 0 Å². The molecule has 0 aliphatic heterocycles. The molecule has 0 aromatic carbocycles. The van der Waals surface area contributed by atoms with Crippen molar-refractivity contribution in [3.63, 3.8) is 0 Å². The van der Waals surface area contributed by atoms with Crippen molar-refractivity contribution in [3.8, 4) is 0 Å². The summed E-state index contributed by atoms with van der Waals surface area (Å²) in [4.78, 5) is 11.1. The highest BCUT2D eigenvalue weighted by molar-refractivity contribution is 6.31. The van der Waals surface area contributed by atoms with Crippen LogP contribution in [0.4, 0.5) is 5.82 Å². The molecule has 1 aliphatic rings. The van der Waals surface area contributed by atoms with Crippen LogP contribution in [0.1, 0.15) is 24.2 Å². The van der Waals surface area contributed by atoms with Crippen molar-refractivity contribution in [2.75, 3.05) is 11.9 Å². The van der Waals surface area contributed by atoms with Crippen molar-refractivity contribution in [3.05, 3.63) is 52.9 Å². The topological polar surface area (TPSA) is 41.1 Å². The van der Waals surface area contributed by atoms with E-state index in [1.807, 2.05) is 43.6 Å². The maximum absolute atomic E-state index is 6.23. The van der Waals surface area contributed by atoms with Crippen LogP contribution in [0.25, 0.3) is 0 Å². The molecule has 0 spiro atoms. The number of hydrogen-bond acceptors (Lipinski definition) is 4. The molecule has 21 heavy (non-hydrogen) atoms. The summed E-state index contributed by atoms with van der Waals surface area (Å²) in [5.74, 6) is 0.914.